The van der Waals surface area contributed by atoms with E-state index in [9.17, 15) is 0 Å². The van der Waals surface area contributed by atoms with Gasteiger partial charge in [0, 0.05) is 23.0 Å². The van der Waals surface area contributed by atoms with Gasteiger partial charge in [0.2, 0.25) is 0 Å². The molecule has 50 heavy (non-hydrogen) atoms. The fraction of sp³-hybridized carbons (Fsp3) is 0.163. The summed E-state index contributed by atoms with van der Waals surface area (Å²) < 4.78 is 0. The van der Waals surface area contributed by atoms with Crippen molar-refractivity contribution in [2.24, 2.45) is 10.9 Å². The van der Waals surface area contributed by atoms with Crippen molar-refractivity contribution in [1.82, 2.24) is 0 Å². The van der Waals surface area contributed by atoms with Crippen LogP contribution < -0.4 is 0 Å². The van der Waals surface area contributed by atoms with Gasteiger partial charge in [-0.2, -0.15) is 0 Å². The average Bonchev–Trinajstić information content (AvgIpc) is 3.19. The van der Waals surface area contributed by atoms with Gasteiger partial charge in [-0.05, 0) is 118 Å². The van der Waals surface area contributed by atoms with Crippen LogP contribution in [0.4, 0.5) is 5.69 Å². The molecule has 6 aromatic carbocycles. The van der Waals surface area contributed by atoms with Crippen molar-refractivity contribution in [1.29, 1.82) is 0 Å². The number of benzene rings is 5. The summed E-state index contributed by atoms with van der Waals surface area (Å²) in [4.78, 5) is 5.17. The third kappa shape index (κ3) is 5.72. The largest absolute Gasteiger partial charge is 0.252 e. The van der Waals surface area contributed by atoms with Crippen molar-refractivity contribution >= 4 is 33.8 Å². The first-order valence-electron chi connectivity index (χ1n) is 18.1. The second kappa shape index (κ2) is 13.3. The predicted octanol–water partition coefficient (Wildman–Crippen LogP) is 12.1. The van der Waals surface area contributed by atoms with E-state index in [1.54, 1.807) is 0 Å². The molecule has 1 heteroatoms. The predicted molar refractivity (Wildman–Crippen MR) is 210 cm³/mol. The second-order valence-electron chi connectivity index (χ2n) is 13.9. The standard InChI is InChI=1S/C49H39N/c1-4-14-36(15-5-1)47-42-21-11-12-22-43(42)48(37-16-6-2-7-17-37)45-33-39(30-31-44(45)47)35-27-24-34(25-28-35)26-29-41-32-40-20-10-13-23-46(40)50-49(41)38-18-8-3-9-19-38/h1-16,18-24,27,33,37,41H,17,26,29-32H2. The summed E-state index contributed by atoms with van der Waals surface area (Å²) >= 11 is 0. The van der Waals surface area contributed by atoms with Gasteiger partial charge in [0.05, 0.1) is 11.4 Å². The number of hydrogen-bond acceptors (Lipinski definition) is 1. The minimum atomic E-state index is 0.355. The number of allylic oxidation sites excluding steroid dienone is 5. The first-order chi connectivity index (χ1) is 24.8. The number of hydrogen-bond donors (Lipinski definition) is 0. The van der Waals surface area contributed by atoms with Crippen LogP contribution in [0.3, 0.4) is 0 Å². The molecule has 0 spiro atoms. The van der Waals surface area contributed by atoms with Crippen LogP contribution in [-0.4, -0.2) is 5.71 Å². The Labute approximate surface area is 296 Å². The Morgan fingerprint density at radius 3 is 2.22 bits per heavy atom. The van der Waals surface area contributed by atoms with E-state index in [-0.39, 0.29) is 0 Å². The van der Waals surface area contributed by atoms with Gasteiger partial charge in [-0.25, -0.2) is 0 Å². The molecule has 6 aromatic rings. The Hall–Kier alpha value is -5.71. The first-order valence-corrected chi connectivity index (χ1v) is 18.1. The molecule has 2 atom stereocenters. The second-order valence-corrected chi connectivity index (χ2v) is 13.9. The van der Waals surface area contributed by atoms with Crippen LogP contribution in [0.5, 0.6) is 0 Å². The van der Waals surface area contributed by atoms with Crippen molar-refractivity contribution in [2.45, 2.75) is 44.4 Å². The third-order valence-electron chi connectivity index (χ3n) is 10.9. The molecule has 0 aromatic heterocycles. The number of fused-ring (bicyclic) bond motifs is 3. The van der Waals surface area contributed by atoms with Crippen LogP contribution in [0.15, 0.2) is 151 Å². The molecular weight excluding hydrogens is 603 g/mol. The van der Waals surface area contributed by atoms with Crippen LogP contribution >= 0.6 is 0 Å². The van der Waals surface area contributed by atoms with E-state index in [1.807, 2.05) is 0 Å². The van der Waals surface area contributed by atoms with Crippen LogP contribution in [0, 0.1) is 18.1 Å². The summed E-state index contributed by atoms with van der Waals surface area (Å²) in [5, 5.41) is 2.72. The van der Waals surface area contributed by atoms with Gasteiger partial charge in [-0.3, -0.25) is 4.99 Å². The maximum atomic E-state index is 5.17. The summed E-state index contributed by atoms with van der Waals surface area (Å²) in [5.41, 5.74) is 15.6. The summed E-state index contributed by atoms with van der Waals surface area (Å²) in [6, 6.07) is 51.1. The molecule has 1 nitrogen and oxygen atoms in total. The van der Waals surface area contributed by atoms with Crippen LogP contribution in [-0.2, 0) is 19.3 Å². The van der Waals surface area contributed by atoms with Gasteiger partial charge in [-0.15, -0.1) is 0 Å². The molecule has 1 heterocycles. The van der Waals surface area contributed by atoms with Crippen LogP contribution in [0.2, 0.25) is 0 Å². The van der Waals surface area contributed by atoms with Crippen molar-refractivity contribution in [2.75, 3.05) is 0 Å². The molecule has 240 valence electrons. The zero-order valence-electron chi connectivity index (χ0n) is 28.3. The average molecular weight is 642 g/mol. The van der Waals surface area contributed by atoms with Gasteiger partial charge in [0.1, 0.15) is 0 Å². The summed E-state index contributed by atoms with van der Waals surface area (Å²) in [5.74, 6) is 0.724. The highest BCUT2D eigenvalue weighted by atomic mass is 14.8. The van der Waals surface area contributed by atoms with E-state index in [2.05, 4.69) is 164 Å². The Kier molecular flexibility index (Phi) is 8.08. The lowest BCUT2D eigenvalue weighted by molar-refractivity contribution is 0.615. The molecule has 0 bridgehead atoms. The third-order valence-corrected chi connectivity index (χ3v) is 10.9. The van der Waals surface area contributed by atoms with Gasteiger partial charge >= 0.3 is 0 Å². The highest BCUT2D eigenvalue weighted by Gasteiger charge is 2.27. The van der Waals surface area contributed by atoms with E-state index < -0.39 is 0 Å². The normalized spacial score (nSPS) is 17.8. The number of nitrogens with zero attached hydrogens (tertiary/aromatic N) is 1. The molecule has 0 amide bonds. The zero-order chi connectivity index (χ0) is 33.3. The molecule has 0 N–H and O–H groups in total. The Morgan fingerprint density at radius 2 is 1.44 bits per heavy atom. The lowest BCUT2D eigenvalue weighted by Crippen LogP contribution is -2.22. The van der Waals surface area contributed by atoms with Gasteiger partial charge < -0.3 is 0 Å². The number of para-hydroxylation sites is 1. The lowest BCUT2D eigenvalue weighted by atomic mass is 9.75. The van der Waals surface area contributed by atoms with E-state index in [0.717, 1.165) is 49.8 Å². The molecule has 2 aliphatic carbocycles. The molecule has 0 saturated heterocycles. The highest BCUT2D eigenvalue weighted by Crippen LogP contribution is 2.46. The van der Waals surface area contributed by atoms with E-state index in [0.29, 0.717) is 11.8 Å². The summed E-state index contributed by atoms with van der Waals surface area (Å²) in [6.07, 6.45) is 17.6. The number of aliphatic imine (C=N–C) groups is 1. The van der Waals surface area contributed by atoms with Crippen LogP contribution in [0.1, 0.15) is 64.1 Å². The summed E-state index contributed by atoms with van der Waals surface area (Å²) in [6.45, 7) is 0. The maximum Gasteiger partial charge on any atom is 0.0665 e. The molecule has 0 saturated carbocycles. The van der Waals surface area contributed by atoms with Crippen molar-refractivity contribution in [3.05, 3.63) is 197 Å². The van der Waals surface area contributed by atoms with Crippen molar-refractivity contribution in [3.8, 4) is 11.1 Å². The number of aryl methyl sites for hydroxylation is 1. The highest BCUT2D eigenvalue weighted by molar-refractivity contribution is 6.06. The van der Waals surface area contributed by atoms with Crippen molar-refractivity contribution in [3.63, 3.8) is 0 Å². The van der Waals surface area contributed by atoms with Gasteiger partial charge in [0.25, 0.3) is 0 Å². The molecule has 9 rings (SSSR count). The smallest absolute Gasteiger partial charge is 0.0665 e. The topological polar surface area (TPSA) is 12.4 Å². The minimum Gasteiger partial charge on any atom is -0.252 e. The van der Waals surface area contributed by atoms with E-state index in [4.69, 9.17) is 4.99 Å². The van der Waals surface area contributed by atoms with E-state index >= 15 is 0 Å². The van der Waals surface area contributed by atoms with E-state index in [1.165, 1.54) is 66.6 Å². The monoisotopic (exact) mass is 641 g/mol. The van der Waals surface area contributed by atoms with Crippen LogP contribution in [0.25, 0.3) is 33.5 Å². The maximum absolute atomic E-state index is 5.17. The first kappa shape index (κ1) is 30.4. The minimum absolute atomic E-state index is 0.355. The molecule has 0 fully saturated rings. The fourth-order valence-electron chi connectivity index (χ4n) is 8.41. The fourth-order valence-corrected chi connectivity index (χ4v) is 8.41. The molecule has 1 aliphatic heterocycles. The SMILES string of the molecule is c1c(CCC2Cc3ccccc3N=C2c2ccccc2)ccc(C2=Cc3c(c(-c4ccccc4)c4ccccc4c3C3C=CC=CC3)CC2)c#1. The molecule has 3 aliphatic rings. The number of rotatable bonds is 7. The Balaban J connectivity index is 1.04. The Bertz CT molecular complexity index is 2300. The quantitative estimate of drug-likeness (QED) is 0.164. The summed E-state index contributed by atoms with van der Waals surface area (Å²) in [7, 11) is 0. The molecular formula is C49H39N. The molecule has 2 unspecified atom stereocenters. The lowest BCUT2D eigenvalue weighted by Gasteiger charge is -2.28. The molecule has 0 radical (unpaired) electrons. The van der Waals surface area contributed by atoms with Gasteiger partial charge in [-0.1, -0.05) is 140 Å². The Morgan fingerprint density at radius 1 is 0.680 bits per heavy atom. The van der Waals surface area contributed by atoms with Gasteiger partial charge in [0.15, 0.2) is 0 Å². The zero-order valence-corrected chi connectivity index (χ0v) is 28.3. The van der Waals surface area contributed by atoms with Crippen molar-refractivity contribution < 1.29 is 0 Å².